The molecule has 0 aliphatic heterocycles. The first kappa shape index (κ1) is 7.56. The Morgan fingerprint density at radius 2 is 2.15 bits per heavy atom. The van der Waals surface area contributed by atoms with E-state index < -0.39 is 0 Å². The molecule has 1 fully saturated rings. The molecule has 2 aliphatic rings. The fourth-order valence-corrected chi connectivity index (χ4v) is 2.39. The molecule has 3 rings (SSSR count). The maximum absolute atomic E-state index is 6.07. The zero-order valence-corrected chi connectivity index (χ0v) is 7.95. The van der Waals surface area contributed by atoms with Gasteiger partial charge in [-0.3, -0.25) is 4.68 Å². The van der Waals surface area contributed by atoms with Crippen LogP contribution in [0.2, 0.25) is 0 Å². The first-order chi connectivity index (χ1) is 6.27. The minimum atomic E-state index is 0.263. The third kappa shape index (κ3) is 0.967. The molecule has 0 radical (unpaired) electrons. The van der Waals surface area contributed by atoms with E-state index in [1.165, 1.54) is 29.8 Å². The van der Waals surface area contributed by atoms with E-state index in [0.29, 0.717) is 0 Å². The summed E-state index contributed by atoms with van der Waals surface area (Å²) in [5.74, 6) is 0.735. The standard InChI is InChI=1S/C10H15N3/c1-13-8-5-4-7(11)9(8)10(12-13)6-2-3-6/h6-7H,2-5,11H2,1H3. The van der Waals surface area contributed by atoms with Crippen molar-refractivity contribution < 1.29 is 0 Å². The van der Waals surface area contributed by atoms with Crippen LogP contribution >= 0.6 is 0 Å². The van der Waals surface area contributed by atoms with Crippen LogP contribution < -0.4 is 5.73 Å². The van der Waals surface area contributed by atoms with Gasteiger partial charge in [-0.05, 0) is 25.7 Å². The normalized spacial score (nSPS) is 26.5. The highest BCUT2D eigenvalue weighted by Crippen LogP contribution is 2.45. The van der Waals surface area contributed by atoms with Crippen LogP contribution in [-0.2, 0) is 13.5 Å². The molecular formula is C10H15N3. The quantitative estimate of drug-likeness (QED) is 0.701. The number of nitrogens with two attached hydrogens (primary N) is 1. The number of hydrogen-bond acceptors (Lipinski definition) is 2. The summed E-state index contributed by atoms with van der Waals surface area (Å²) >= 11 is 0. The lowest BCUT2D eigenvalue weighted by Gasteiger charge is -2.03. The van der Waals surface area contributed by atoms with Crippen LogP contribution in [0.5, 0.6) is 0 Å². The molecular weight excluding hydrogens is 162 g/mol. The molecule has 1 unspecified atom stereocenters. The summed E-state index contributed by atoms with van der Waals surface area (Å²) in [5, 5.41) is 4.58. The van der Waals surface area contributed by atoms with E-state index in [1.807, 2.05) is 11.7 Å². The van der Waals surface area contributed by atoms with Crippen LogP contribution in [0, 0.1) is 0 Å². The van der Waals surface area contributed by atoms with Crippen LogP contribution in [0.1, 0.15) is 48.2 Å². The van der Waals surface area contributed by atoms with E-state index in [1.54, 1.807) is 0 Å². The van der Waals surface area contributed by atoms with Crippen molar-refractivity contribution >= 4 is 0 Å². The molecule has 1 atom stereocenters. The molecule has 0 spiro atoms. The molecule has 70 valence electrons. The molecule has 1 aromatic heterocycles. The smallest absolute Gasteiger partial charge is 0.0706 e. The van der Waals surface area contributed by atoms with Gasteiger partial charge >= 0.3 is 0 Å². The van der Waals surface area contributed by atoms with Crippen molar-refractivity contribution in [1.82, 2.24) is 9.78 Å². The Kier molecular flexibility index (Phi) is 1.37. The molecule has 13 heavy (non-hydrogen) atoms. The fourth-order valence-electron chi connectivity index (χ4n) is 2.39. The highest BCUT2D eigenvalue weighted by atomic mass is 15.3. The van der Waals surface area contributed by atoms with Gasteiger partial charge in [0.05, 0.1) is 5.69 Å². The largest absolute Gasteiger partial charge is 0.324 e. The summed E-state index contributed by atoms with van der Waals surface area (Å²) in [6.45, 7) is 0. The summed E-state index contributed by atoms with van der Waals surface area (Å²) in [5.41, 5.74) is 10.1. The Hall–Kier alpha value is -0.830. The second-order valence-corrected chi connectivity index (χ2v) is 4.29. The molecule has 3 heteroatoms. The highest BCUT2D eigenvalue weighted by Gasteiger charge is 2.35. The molecule has 1 aromatic rings. The van der Waals surface area contributed by atoms with Gasteiger partial charge in [0, 0.05) is 30.3 Å². The van der Waals surface area contributed by atoms with Crippen molar-refractivity contribution in [2.75, 3.05) is 0 Å². The third-order valence-electron chi connectivity index (χ3n) is 3.26. The van der Waals surface area contributed by atoms with Gasteiger partial charge < -0.3 is 5.73 Å². The summed E-state index contributed by atoms with van der Waals surface area (Å²) in [6.07, 6.45) is 4.86. The Balaban J connectivity index is 2.14. The highest BCUT2D eigenvalue weighted by molar-refractivity contribution is 5.37. The summed E-state index contributed by atoms with van der Waals surface area (Å²) < 4.78 is 2.04. The van der Waals surface area contributed by atoms with Gasteiger partial charge in [0.25, 0.3) is 0 Å². The van der Waals surface area contributed by atoms with Crippen molar-refractivity contribution in [3.63, 3.8) is 0 Å². The Bertz CT molecular complexity index is 349. The maximum Gasteiger partial charge on any atom is 0.0706 e. The predicted molar refractivity (Wildman–Crippen MR) is 50.4 cm³/mol. The summed E-state index contributed by atoms with van der Waals surface area (Å²) in [7, 11) is 2.04. The Morgan fingerprint density at radius 1 is 1.38 bits per heavy atom. The lowest BCUT2D eigenvalue weighted by Crippen LogP contribution is -2.07. The minimum Gasteiger partial charge on any atom is -0.324 e. The van der Waals surface area contributed by atoms with E-state index >= 15 is 0 Å². The van der Waals surface area contributed by atoms with Crippen LogP contribution in [0.3, 0.4) is 0 Å². The fraction of sp³-hybridized carbons (Fsp3) is 0.700. The van der Waals surface area contributed by atoms with Crippen LogP contribution in [0.15, 0.2) is 0 Å². The SMILES string of the molecule is Cn1nc(C2CC2)c2c1CCC2N. The summed E-state index contributed by atoms with van der Waals surface area (Å²) in [4.78, 5) is 0. The van der Waals surface area contributed by atoms with Crippen molar-refractivity contribution in [3.8, 4) is 0 Å². The van der Waals surface area contributed by atoms with Crippen molar-refractivity contribution in [3.05, 3.63) is 17.0 Å². The zero-order valence-electron chi connectivity index (χ0n) is 7.95. The lowest BCUT2D eigenvalue weighted by molar-refractivity contribution is 0.652. The molecule has 2 N–H and O–H groups in total. The van der Waals surface area contributed by atoms with Crippen molar-refractivity contribution in [2.24, 2.45) is 12.8 Å². The predicted octanol–water partition coefficient (Wildman–Crippen LogP) is 1.24. The average Bonchev–Trinajstić information content (AvgIpc) is 2.79. The lowest BCUT2D eigenvalue weighted by atomic mass is 10.1. The number of hydrogen-bond donors (Lipinski definition) is 1. The van der Waals surface area contributed by atoms with Gasteiger partial charge in [0.1, 0.15) is 0 Å². The molecule has 3 nitrogen and oxygen atoms in total. The molecule has 1 heterocycles. The molecule has 2 aliphatic carbocycles. The van der Waals surface area contributed by atoms with Crippen LogP contribution in [0.25, 0.3) is 0 Å². The molecule has 0 aromatic carbocycles. The number of fused-ring (bicyclic) bond motifs is 1. The number of rotatable bonds is 1. The van der Waals surface area contributed by atoms with Gasteiger partial charge in [0.15, 0.2) is 0 Å². The average molecular weight is 177 g/mol. The molecule has 0 bridgehead atoms. The van der Waals surface area contributed by atoms with Crippen LogP contribution in [-0.4, -0.2) is 9.78 Å². The van der Waals surface area contributed by atoms with Gasteiger partial charge in [-0.25, -0.2) is 0 Å². The Labute approximate surface area is 77.9 Å². The van der Waals surface area contributed by atoms with Gasteiger partial charge in [-0.2, -0.15) is 5.10 Å². The monoisotopic (exact) mass is 177 g/mol. The third-order valence-corrected chi connectivity index (χ3v) is 3.26. The maximum atomic E-state index is 6.07. The van der Waals surface area contributed by atoms with Gasteiger partial charge in [-0.1, -0.05) is 0 Å². The van der Waals surface area contributed by atoms with Crippen molar-refractivity contribution in [1.29, 1.82) is 0 Å². The Morgan fingerprint density at radius 3 is 2.85 bits per heavy atom. The van der Waals surface area contributed by atoms with E-state index in [0.717, 1.165) is 18.8 Å². The second kappa shape index (κ2) is 2.35. The zero-order chi connectivity index (χ0) is 9.00. The van der Waals surface area contributed by atoms with Crippen LogP contribution in [0.4, 0.5) is 0 Å². The topological polar surface area (TPSA) is 43.8 Å². The first-order valence-corrected chi connectivity index (χ1v) is 5.08. The first-order valence-electron chi connectivity index (χ1n) is 5.08. The molecule has 0 amide bonds. The van der Waals surface area contributed by atoms with E-state index in [2.05, 4.69) is 5.10 Å². The number of aryl methyl sites for hydroxylation is 1. The minimum absolute atomic E-state index is 0.263. The van der Waals surface area contributed by atoms with Crippen molar-refractivity contribution in [2.45, 2.75) is 37.6 Å². The van der Waals surface area contributed by atoms with Gasteiger partial charge in [-0.15, -0.1) is 0 Å². The number of nitrogens with zero attached hydrogens (tertiary/aromatic N) is 2. The van der Waals surface area contributed by atoms with E-state index in [-0.39, 0.29) is 6.04 Å². The number of aromatic nitrogens is 2. The molecule has 1 saturated carbocycles. The summed E-state index contributed by atoms with van der Waals surface area (Å²) in [6, 6.07) is 0.263. The molecule has 0 saturated heterocycles. The second-order valence-electron chi connectivity index (χ2n) is 4.29. The van der Waals surface area contributed by atoms with Gasteiger partial charge in [0.2, 0.25) is 0 Å². The van der Waals surface area contributed by atoms with E-state index in [9.17, 15) is 0 Å². The van der Waals surface area contributed by atoms with E-state index in [4.69, 9.17) is 5.73 Å².